The van der Waals surface area contributed by atoms with Gasteiger partial charge in [0.05, 0.1) is 10.7 Å². The number of rotatable bonds is 8. The Morgan fingerprint density at radius 3 is 2.41 bits per heavy atom. The molecule has 168 valence electrons. The number of likely N-dealkylation sites (tertiary alicyclic amines) is 1. The lowest BCUT2D eigenvalue weighted by molar-refractivity contribution is 0.170. The lowest BCUT2D eigenvalue weighted by Gasteiger charge is -2.25. The lowest BCUT2D eigenvalue weighted by Crippen LogP contribution is -2.36. The summed E-state index contributed by atoms with van der Waals surface area (Å²) >= 11 is 5.84. The SMILES string of the molecule is C[C@@H]1CC[C@@H](C)N1CCOc1ccc(-n2ccc(OCc3ccc(Cl)cn3)cc2=O)cc1. The number of ether oxygens (including phenoxy) is 2. The molecule has 0 amide bonds. The fourth-order valence-electron chi connectivity index (χ4n) is 4.07. The summed E-state index contributed by atoms with van der Waals surface area (Å²) in [5, 5.41) is 0.573. The van der Waals surface area contributed by atoms with Crippen molar-refractivity contribution in [2.75, 3.05) is 13.2 Å². The van der Waals surface area contributed by atoms with E-state index in [9.17, 15) is 4.79 Å². The molecule has 0 bridgehead atoms. The third kappa shape index (κ3) is 5.50. The average molecular weight is 454 g/mol. The Labute approximate surface area is 193 Å². The number of benzene rings is 1. The zero-order valence-corrected chi connectivity index (χ0v) is 19.2. The van der Waals surface area contributed by atoms with Gasteiger partial charge in [0, 0.05) is 42.8 Å². The van der Waals surface area contributed by atoms with E-state index in [2.05, 4.69) is 23.7 Å². The van der Waals surface area contributed by atoms with Gasteiger partial charge in [-0.2, -0.15) is 0 Å². The molecule has 0 unspecified atom stereocenters. The zero-order chi connectivity index (χ0) is 22.5. The molecule has 1 fully saturated rings. The Bertz CT molecular complexity index is 1070. The van der Waals surface area contributed by atoms with E-state index in [1.165, 1.54) is 18.9 Å². The van der Waals surface area contributed by atoms with E-state index in [4.69, 9.17) is 21.1 Å². The Morgan fingerprint density at radius 2 is 1.75 bits per heavy atom. The van der Waals surface area contributed by atoms with Gasteiger partial charge in [-0.25, -0.2) is 0 Å². The second-order valence-corrected chi connectivity index (χ2v) is 8.62. The van der Waals surface area contributed by atoms with E-state index in [0.717, 1.165) is 23.7 Å². The predicted octanol–water partition coefficient (Wildman–Crippen LogP) is 4.72. The van der Waals surface area contributed by atoms with Crippen LogP contribution in [-0.2, 0) is 6.61 Å². The van der Waals surface area contributed by atoms with Crippen LogP contribution >= 0.6 is 11.6 Å². The summed E-state index contributed by atoms with van der Waals surface area (Å²) in [6.45, 7) is 6.41. The van der Waals surface area contributed by atoms with Crippen molar-refractivity contribution in [3.05, 3.63) is 82.0 Å². The molecular formula is C25H28ClN3O3. The molecule has 0 saturated carbocycles. The van der Waals surface area contributed by atoms with Gasteiger partial charge in [-0.05, 0) is 69.2 Å². The topological polar surface area (TPSA) is 56.6 Å². The van der Waals surface area contributed by atoms with Gasteiger partial charge in [0.1, 0.15) is 24.7 Å². The fraction of sp³-hybridized carbons (Fsp3) is 0.360. The predicted molar refractivity (Wildman–Crippen MR) is 126 cm³/mol. The van der Waals surface area contributed by atoms with Gasteiger partial charge in [0.2, 0.25) is 0 Å². The molecule has 1 aromatic carbocycles. The summed E-state index contributed by atoms with van der Waals surface area (Å²) in [5.74, 6) is 1.30. The van der Waals surface area contributed by atoms with Crippen molar-refractivity contribution in [3.8, 4) is 17.2 Å². The Balaban J connectivity index is 1.33. The highest BCUT2D eigenvalue weighted by Crippen LogP contribution is 2.23. The number of pyridine rings is 2. The third-order valence-corrected chi connectivity index (χ3v) is 6.16. The smallest absolute Gasteiger partial charge is 0.258 e. The first-order valence-corrected chi connectivity index (χ1v) is 11.3. The summed E-state index contributed by atoms with van der Waals surface area (Å²) in [6, 6.07) is 15.6. The number of halogens is 1. The first kappa shape index (κ1) is 22.4. The van der Waals surface area contributed by atoms with Crippen LogP contribution in [0.1, 0.15) is 32.4 Å². The molecular weight excluding hydrogens is 426 g/mol. The van der Waals surface area contributed by atoms with E-state index in [1.807, 2.05) is 24.3 Å². The maximum Gasteiger partial charge on any atom is 0.258 e. The maximum atomic E-state index is 12.6. The van der Waals surface area contributed by atoms with Gasteiger partial charge < -0.3 is 9.47 Å². The van der Waals surface area contributed by atoms with E-state index >= 15 is 0 Å². The Morgan fingerprint density at radius 1 is 1.00 bits per heavy atom. The van der Waals surface area contributed by atoms with E-state index in [1.54, 1.807) is 35.2 Å². The van der Waals surface area contributed by atoms with Crippen LogP contribution < -0.4 is 15.0 Å². The molecule has 32 heavy (non-hydrogen) atoms. The molecule has 1 saturated heterocycles. The average Bonchev–Trinajstić information content (AvgIpc) is 3.11. The molecule has 1 aliphatic rings. The zero-order valence-electron chi connectivity index (χ0n) is 18.4. The van der Waals surface area contributed by atoms with Crippen molar-refractivity contribution in [1.82, 2.24) is 14.5 Å². The van der Waals surface area contributed by atoms with E-state index in [-0.39, 0.29) is 12.2 Å². The monoisotopic (exact) mass is 453 g/mol. The van der Waals surface area contributed by atoms with Crippen LogP contribution in [0.25, 0.3) is 5.69 Å². The van der Waals surface area contributed by atoms with Crippen LogP contribution in [0.2, 0.25) is 5.02 Å². The van der Waals surface area contributed by atoms with Gasteiger partial charge >= 0.3 is 0 Å². The Hall–Kier alpha value is -2.83. The van der Waals surface area contributed by atoms with Crippen LogP contribution in [0.5, 0.6) is 11.5 Å². The minimum absolute atomic E-state index is 0.169. The first-order chi connectivity index (χ1) is 15.5. The van der Waals surface area contributed by atoms with Crippen LogP contribution in [0.3, 0.4) is 0 Å². The number of hydrogen-bond acceptors (Lipinski definition) is 5. The maximum absolute atomic E-state index is 12.6. The van der Waals surface area contributed by atoms with E-state index in [0.29, 0.717) is 29.5 Å². The van der Waals surface area contributed by atoms with Crippen LogP contribution in [0, 0.1) is 0 Å². The van der Waals surface area contributed by atoms with Crippen molar-refractivity contribution in [2.24, 2.45) is 0 Å². The fourth-order valence-corrected chi connectivity index (χ4v) is 4.19. The van der Waals surface area contributed by atoms with Crippen molar-refractivity contribution in [3.63, 3.8) is 0 Å². The van der Waals surface area contributed by atoms with Crippen LogP contribution in [0.4, 0.5) is 0 Å². The quantitative estimate of drug-likeness (QED) is 0.494. The standard InChI is InChI=1S/C25H28ClN3O3/c1-18-3-4-19(2)28(18)13-14-31-23-9-7-22(8-10-23)29-12-11-24(15-25(29)30)32-17-21-6-5-20(26)16-27-21/h5-12,15-16,18-19H,3-4,13-14,17H2,1-2H3/t18-,19-/m1/s1. The highest BCUT2D eigenvalue weighted by molar-refractivity contribution is 6.30. The normalized spacial score (nSPS) is 18.6. The second-order valence-electron chi connectivity index (χ2n) is 8.18. The van der Waals surface area contributed by atoms with Gasteiger partial charge in [-0.1, -0.05) is 11.6 Å². The molecule has 1 aliphatic heterocycles. The van der Waals surface area contributed by atoms with Crippen molar-refractivity contribution >= 4 is 11.6 Å². The molecule has 0 spiro atoms. The summed E-state index contributed by atoms with van der Waals surface area (Å²) < 4.78 is 13.2. The lowest BCUT2D eigenvalue weighted by atomic mass is 10.2. The molecule has 0 radical (unpaired) electrons. The second kappa shape index (κ2) is 10.2. The van der Waals surface area contributed by atoms with Gasteiger partial charge in [0.15, 0.2) is 0 Å². The molecule has 3 heterocycles. The van der Waals surface area contributed by atoms with Gasteiger partial charge in [0.25, 0.3) is 5.56 Å². The molecule has 7 heteroatoms. The summed E-state index contributed by atoms with van der Waals surface area (Å²) in [7, 11) is 0. The van der Waals surface area contributed by atoms with E-state index < -0.39 is 0 Å². The minimum Gasteiger partial charge on any atom is -0.492 e. The molecule has 3 aromatic rings. The molecule has 2 aromatic heterocycles. The number of hydrogen-bond donors (Lipinski definition) is 0. The van der Waals surface area contributed by atoms with Crippen LogP contribution in [-0.4, -0.2) is 39.7 Å². The minimum atomic E-state index is -0.169. The van der Waals surface area contributed by atoms with Crippen molar-refractivity contribution < 1.29 is 9.47 Å². The highest BCUT2D eigenvalue weighted by Gasteiger charge is 2.26. The first-order valence-electron chi connectivity index (χ1n) is 10.9. The largest absolute Gasteiger partial charge is 0.492 e. The molecule has 0 N–H and O–H groups in total. The summed E-state index contributed by atoms with van der Waals surface area (Å²) in [4.78, 5) is 19.3. The van der Waals surface area contributed by atoms with Crippen molar-refractivity contribution in [2.45, 2.75) is 45.4 Å². The number of nitrogens with zero attached hydrogens (tertiary/aromatic N) is 3. The Kier molecular flexibility index (Phi) is 7.12. The van der Waals surface area contributed by atoms with Crippen molar-refractivity contribution in [1.29, 1.82) is 0 Å². The van der Waals surface area contributed by atoms with Gasteiger partial charge in [-0.15, -0.1) is 0 Å². The number of aromatic nitrogens is 2. The summed E-state index contributed by atoms with van der Waals surface area (Å²) in [5.41, 5.74) is 1.34. The molecule has 6 nitrogen and oxygen atoms in total. The molecule has 4 rings (SSSR count). The molecule has 2 atom stereocenters. The third-order valence-electron chi connectivity index (χ3n) is 5.93. The van der Waals surface area contributed by atoms with Crippen LogP contribution in [0.15, 0.2) is 65.7 Å². The van der Waals surface area contributed by atoms with Gasteiger partial charge in [-0.3, -0.25) is 19.2 Å². The highest BCUT2D eigenvalue weighted by atomic mass is 35.5. The summed E-state index contributed by atoms with van der Waals surface area (Å²) in [6.07, 6.45) is 5.79. The molecule has 0 aliphatic carbocycles.